The van der Waals surface area contributed by atoms with Gasteiger partial charge in [-0.15, -0.1) is 0 Å². The lowest BCUT2D eigenvalue weighted by Crippen LogP contribution is -1.99. The molecule has 0 unspecified atom stereocenters. The van der Waals surface area contributed by atoms with E-state index in [0.717, 1.165) is 5.56 Å². The predicted octanol–water partition coefficient (Wildman–Crippen LogP) is 2.35. The van der Waals surface area contributed by atoms with Gasteiger partial charge in [0.2, 0.25) is 0 Å². The van der Waals surface area contributed by atoms with E-state index in [1.165, 1.54) is 12.1 Å². The van der Waals surface area contributed by atoms with Crippen molar-refractivity contribution in [3.05, 3.63) is 35.6 Å². The van der Waals surface area contributed by atoms with Crippen molar-refractivity contribution in [2.24, 2.45) is 0 Å². The second-order valence-electron chi connectivity index (χ2n) is 2.70. The molecule has 0 amide bonds. The van der Waals surface area contributed by atoms with Crippen molar-refractivity contribution in [3.8, 4) is 0 Å². The van der Waals surface area contributed by atoms with E-state index < -0.39 is 0 Å². The summed E-state index contributed by atoms with van der Waals surface area (Å²) in [7, 11) is 0. The molecular weight excluding hydrogens is 155 g/mol. The van der Waals surface area contributed by atoms with Crippen molar-refractivity contribution >= 4 is 5.78 Å². The van der Waals surface area contributed by atoms with Gasteiger partial charge in [0, 0.05) is 12.8 Å². The molecule has 1 rings (SSSR count). The number of benzene rings is 1. The summed E-state index contributed by atoms with van der Waals surface area (Å²) >= 11 is 0. The highest BCUT2D eigenvalue weighted by Gasteiger charge is 1.99. The first-order valence-electron chi connectivity index (χ1n) is 3.98. The molecule has 0 saturated carbocycles. The van der Waals surface area contributed by atoms with Gasteiger partial charge in [-0.3, -0.25) is 4.79 Å². The third-order valence-electron chi connectivity index (χ3n) is 1.71. The Kier molecular flexibility index (Phi) is 2.97. The van der Waals surface area contributed by atoms with Crippen LogP contribution in [0.2, 0.25) is 0 Å². The molecule has 0 aliphatic carbocycles. The number of ketones is 1. The van der Waals surface area contributed by atoms with E-state index in [0.29, 0.717) is 12.8 Å². The second kappa shape index (κ2) is 4.00. The van der Waals surface area contributed by atoms with E-state index in [1.54, 1.807) is 12.1 Å². The molecule has 0 saturated heterocycles. The number of carbonyl (C=O) groups is 1. The highest BCUT2D eigenvalue weighted by atomic mass is 19.1. The highest BCUT2D eigenvalue weighted by Crippen LogP contribution is 2.04. The van der Waals surface area contributed by atoms with E-state index in [2.05, 4.69) is 0 Å². The van der Waals surface area contributed by atoms with E-state index in [9.17, 15) is 9.18 Å². The number of rotatable bonds is 3. The van der Waals surface area contributed by atoms with Crippen LogP contribution in [-0.2, 0) is 11.2 Å². The molecule has 0 bridgehead atoms. The maximum atomic E-state index is 12.4. The Balaban J connectivity index is 2.64. The average Bonchev–Trinajstić information content (AvgIpc) is 2.09. The lowest BCUT2D eigenvalue weighted by molar-refractivity contribution is -0.118. The van der Waals surface area contributed by atoms with Gasteiger partial charge >= 0.3 is 0 Å². The molecule has 1 aromatic carbocycles. The van der Waals surface area contributed by atoms with Crippen LogP contribution in [0, 0.1) is 5.82 Å². The zero-order chi connectivity index (χ0) is 8.97. The van der Waals surface area contributed by atoms with Gasteiger partial charge < -0.3 is 0 Å². The van der Waals surface area contributed by atoms with Gasteiger partial charge in [0.1, 0.15) is 11.6 Å². The standard InChI is InChI=1S/C10H11FO/c1-2-10(12)7-8-3-5-9(11)6-4-8/h3-6H,2,7H2,1H3. The molecule has 12 heavy (non-hydrogen) atoms. The molecule has 0 N–H and O–H groups in total. The van der Waals surface area contributed by atoms with Crippen LogP contribution in [0.5, 0.6) is 0 Å². The average molecular weight is 166 g/mol. The van der Waals surface area contributed by atoms with Crippen LogP contribution >= 0.6 is 0 Å². The Morgan fingerprint density at radius 1 is 1.33 bits per heavy atom. The van der Waals surface area contributed by atoms with E-state index >= 15 is 0 Å². The molecule has 0 heterocycles. The lowest BCUT2D eigenvalue weighted by atomic mass is 10.1. The molecular formula is C10H11FO. The minimum atomic E-state index is -0.261. The van der Waals surface area contributed by atoms with Crippen LogP contribution in [0.3, 0.4) is 0 Å². The first kappa shape index (κ1) is 8.91. The fourth-order valence-electron chi connectivity index (χ4n) is 0.955. The quantitative estimate of drug-likeness (QED) is 0.673. The number of carbonyl (C=O) groups excluding carboxylic acids is 1. The summed E-state index contributed by atoms with van der Waals surface area (Å²) in [4.78, 5) is 11.0. The smallest absolute Gasteiger partial charge is 0.136 e. The van der Waals surface area contributed by atoms with E-state index in [4.69, 9.17) is 0 Å². The van der Waals surface area contributed by atoms with Gasteiger partial charge in [-0.25, -0.2) is 4.39 Å². The highest BCUT2D eigenvalue weighted by molar-refractivity contribution is 5.80. The van der Waals surface area contributed by atoms with Crippen molar-refractivity contribution in [2.45, 2.75) is 19.8 Å². The molecule has 0 atom stereocenters. The number of Topliss-reactive ketones (excluding diaryl/α,β-unsaturated/α-hetero) is 1. The molecule has 0 aromatic heterocycles. The summed E-state index contributed by atoms with van der Waals surface area (Å²) in [6.07, 6.45) is 0.953. The molecule has 0 spiro atoms. The predicted molar refractivity (Wildman–Crippen MR) is 45.4 cm³/mol. The van der Waals surface area contributed by atoms with Gasteiger partial charge in [-0.1, -0.05) is 19.1 Å². The van der Waals surface area contributed by atoms with Crippen LogP contribution in [0.4, 0.5) is 4.39 Å². The van der Waals surface area contributed by atoms with Crippen LogP contribution in [0.15, 0.2) is 24.3 Å². The Hall–Kier alpha value is -1.18. The Morgan fingerprint density at radius 3 is 2.42 bits per heavy atom. The largest absolute Gasteiger partial charge is 0.299 e. The zero-order valence-electron chi connectivity index (χ0n) is 7.01. The molecule has 0 fully saturated rings. The monoisotopic (exact) mass is 166 g/mol. The first-order chi connectivity index (χ1) is 5.72. The number of hydrogen-bond donors (Lipinski definition) is 0. The van der Waals surface area contributed by atoms with Crippen LogP contribution in [-0.4, -0.2) is 5.78 Å². The van der Waals surface area contributed by atoms with E-state index in [1.807, 2.05) is 6.92 Å². The summed E-state index contributed by atoms with van der Waals surface area (Å²) in [6.45, 7) is 1.83. The van der Waals surface area contributed by atoms with Gasteiger partial charge in [0.25, 0.3) is 0 Å². The van der Waals surface area contributed by atoms with Gasteiger partial charge in [-0.05, 0) is 17.7 Å². The Morgan fingerprint density at radius 2 is 1.92 bits per heavy atom. The van der Waals surface area contributed by atoms with Crippen molar-refractivity contribution < 1.29 is 9.18 Å². The van der Waals surface area contributed by atoms with Gasteiger partial charge in [0.05, 0.1) is 0 Å². The van der Waals surface area contributed by atoms with Gasteiger partial charge in [0.15, 0.2) is 0 Å². The minimum Gasteiger partial charge on any atom is -0.299 e. The van der Waals surface area contributed by atoms with Crippen molar-refractivity contribution in [3.63, 3.8) is 0 Å². The molecule has 64 valence electrons. The molecule has 1 aromatic rings. The summed E-state index contributed by atoms with van der Waals surface area (Å²) in [5.41, 5.74) is 0.878. The minimum absolute atomic E-state index is 0.182. The van der Waals surface area contributed by atoms with Crippen LogP contribution in [0.25, 0.3) is 0 Å². The number of halogens is 1. The van der Waals surface area contributed by atoms with Crippen LogP contribution < -0.4 is 0 Å². The van der Waals surface area contributed by atoms with Gasteiger partial charge in [-0.2, -0.15) is 0 Å². The number of hydrogen-bond acceptors (Lipinski definition) is 1. The summed E-state index contributed by atoms with van der Waals surface area (Å²) < 4.78 is 12.4. The van der Waals surface area contributed by atoms with Crippen LogP contribution in [0.1, 0.15) is 18.9 Å². The normalized spacial score (nSPS) is 9.83. The SMILES string of the molecule is CCC(=O)Cc1ccc(F)cc1. The van der Waals surface area contributed by atoms with Crippen molar-refractivity contribution in [2.75, 3.05) is 0 Å². The Labute approximate surface area is 71.2 Å². The summed E-state index contributed by atoms with van der Waals surface area (Å²) in [6, 6.07) is 6.03. The Bertz CT molecular complexity index is 264. The second-order valence-corrected chi connectivity index (χ2v) is 2.70. The van der Waals surface area contributed by atoms with E-state index in [-0.39, 0.29) is 11.6 Å². The third kappa shape index (κ3) is 2.46. The molecule has 0 aliphatic rings. The topological polar surface area (TPSA) is 17.1 Å². The van der Waals surface area contributed by atoms with Crippen molar-refractivity contribution in [1.82, 2.24) is 0 Å². The molecule has 0 radical (unpaired) electrons. The summed E-state index contributed by atoms with van der Waals surface area (Å²) in [5.74, 6) is -0.0793. The fourth-order valence-corrected chi connectivity index (χ4v) is 0.955. The van der Waals surface area contributed by atoms with Crippen molar-refractivity contribution in [1.29, 1.82) is 0 Å². The molecule has 2 heteroatoms. The maximum Gasteiger partial charge on any atom is 0.136 e. The maximum absolute atomic E-state index is 12.4. The molecule has 0 aliphatic heterocycles. The zero-order valence-corrected chi connectivity index (χ0v) is 7.01. The fraction of sp³-hybridized carbons (Fsp3) is 0.300. The first-order valence-corrected chi connectivity index (χ1v) is 3.98. The summed E-state index contributed by atoms with van der Waals surface area (Å²) in [5, 5.41) is 0. The lowest BCUT2D eigenvalue weighted by Gasteiger charge is -1.97. The third-order valence-corrected chi connectivity index (χ3v) is 1.71. The molecule has 1 nitrogen and oxygen atoms in total.